The van der Waals surface area contributed by atoms with Gasteiger partial charge in [-0.1, -0.05) is 12.1 Å². The lowest BCUT2D eigenvalue weighted by Gasteiger charge is -2.07. The molecule has 0 radical (unpaired) electrons. The topological polar surface area (TPSA) is 59.1 Å². The molecule has 0 aliphatic rings. The Morgan fingerprint density at radius 2 is 1.44 bits per heavy atom. The first kappa shape index (κ1) is 18.5. The number of anilines is 1. The molecule has 3 rings (SSSR count). The van der Waals surface area contributed by atoms with Crippen molar-refractivity contribution in [1.29, 1.82) is 0 Å². The Kier molecular flexibility index (Phi) is 6.05. The summed E-state index contributed by atoms with van der Waals surface area (Å²) in [6.07, 6.45) is 4.48. The molecule has 0 aliphatic carbocycles. The van der Waals surface area contributed by atoms with Crippen LogP contribution in [0.4, 0.5) is 10.1 Å². The maximum Gasteiger partial charge on any atom is 0.224 e. The van der Waals surface area contributed by atoms with E-state index in [2.05, 4.69) is 10.3 Å². The van der Waals surface area contributed by atoms with Gasteiger partial charge in [0.05, 0.1) is 0 Å². The highest BCUT2D eigenvalue weighted by molar-refractivity contribution is 5.99. The summed E-state index contributed by atoms with van der Waals surface area (Å²) in [5.41, 5.74) is 3.39. The van der Waals surface area contributed by atoms with Crippen molar-refractivity contribution >= 4 is 17.4 Å². The van der Waals surface area contributed by atoms with Crippen LogP contribution in [0.15, 0.2) is 73.1 Å². The van der Waals surface area contributed by atoms with Gasteiger partial charge in [0.25, 0.3) is 0 Å². The van der Waals surface area contributed by atoms with Crippen LogP contribution < -0.4 is 5.32 Å². The summed E-state index contributed by atoms with van der Waals surface area (Å²) in [7, 11) is 0. The van der Waals surface area contributed by atoms with Crippen LogP contribution in [0, 0.1) is 5.82 Å². The fourth-order valence-electron chi connectivity index (χ4n) is 2.67. The summed E-state index contributed by atoms with van der Waals surface area (Å²) in [5, 5.41) is 2.79. The predicted molar refractivity (Wildman–Crippen MR) is 102 cm³/mol. The number of nitrogens with zero attached hydrogens (tertiary/aromatic N) is 1. The Bertz CT molecular complexity index is 907. The van der Waals surface area contributed by atoms with E-state index in [4.69, 9.17) is 0 Å². The molecule has 0 aliphatic heterocycles. The fraction of sp³-hybridized carbons (Fsp3) is 0.136. The summed E-state index contributed by atoms with van der Waals surface area (Å²) in [6, 6.07) is 16.9. The molecule has 0 bridgehead atoms. The molecule has 0 unspecified atom stereocenters. The van der Waals surface area contributed by atoms with Gasteiger partial charge in [-0.05, 0) is 66.1 Å². The Morgan fingerprint density at radius 1 is 0.815 bits per heavy atom. The Labute approximate surface area is 157 Å². The van der Waals surface area contributed by atoms with E-state index in [0.717, 1.165) is 12.0 Å². The van der Waals surface area contributed by atoms with E-state index in [-0.39, 0.29) is 24.5 Å². The highest BCUT2D eigenvalue weighted by Crippen LogP contribution is 2.14. The van der Waals surface area contributed by atoms with Crippen LogP contribution in [0.5, 0.6) is 0 Å². The number of aromatic nitrogens is 1. The maximum absolute atomic E-state index is 12.9. The molecule has 0 saturated heterocycles. The van der Waals surface area contributed by atoms with Crippen LogP contribution in [0.3, 0.4) is 0 Å². The molecular formula is C22H19FN2O2. The van der Waals surface area contributed by atoms with Crippen molar-refractivity contribution < 1.29 is 14.0 Å². The highest BCUT2D eigenvalue weighted by Gasteiger charge is 2.10. The third-order valence-corrected chi connectivity index (χ3v) is 4.14. The molecule has 1 heterocycles. The average Bonchev–Trinajstić information content (AvgIpc) is 2.69. The van der Waals surface area contributed by atoms with Crippen LogP contribution in [-0.4, -0.2) is 16.7 Å². The van der Waals surface area contributed by atoms with Crippen molar-refractivity contribution in [1.82, 2.24) is 4.98 Å². The van der Waals surface area contributed by atoms with Crippen molar-refractivity contribution in [2.45, 2.75) is 19.3 Å². The van der Waals surface area contributed by atoms with Crippen molar-refractivity contribution in [3.63, 3.8) is 0 Å². The summed E-state index contributed by atoms with van der Waals surface area (Å²) < 4.78 is 12.9. The average molecular weight is 362 g/mol. The number of benzene rings is 2. The lowest BCUT2D eigenvalue weighted by molar-refractivity contribution is -0.116. The van der Waals surface area contributed by atoms with E-state index >= 15 is 0 Å². The zero-order chi connectivity index (χ0) is 19.1. The molecule has 0 spiro atoms. The molecule has 5 heteroatoms. The van der Waals surface area contributed by atoms with Gasteiger partial charge in [-0.3, -0.25) is 14.6 Å². The maximum atomic E-state index is 12.9. The van der Waals surface area contributed by atoms with E-state index in [0.29, 0.717) is 11.3 Å². The highest BCUT2D eigenvalue weighted by atomic mass is 19.1. The number of nitrogens with one attached hydrogen (secondary N) is 1. The first-order valence-electron chi connectivity index (χ1n) is 8.66. The van der Waals surface area contributed by atoms with Crippen LogP contribution >= 0.6 is 0 Å². The van der Waals surface area contributed by atoms with E-state index in [1.54, 1.807) is 12.4 Å². The third kappa shape index (κ3) is 5.57. The Hall–Kier alpha value is -3.34. The number of carbonyl (C=O) groups is 2. The fourth-order valence-corrected chi connectivity index (χ4v) is 2.67. The summed E-state index contributed by atoms with van der Waals surface area (Å²) >= 11 is 0. The third-order valence-electron chi connectivity index (χ3n) is 4.14. The van der Waals surface area contributed by atoms with Crippen molar-refractivity contribution in [2.24, 2.45) is 0 Å². The molecule has 27 heavy (non-hydrogen) atoms. The molecule has 3 aromatic rings. The minimum Gasteiger partial charge on any atom is -0.326 e. The number of carbonyl (C=O) groups excluding carboxylic acids is 2. The number of hydrogen-bond donors (Lipinski definition) is 1. The number of amides is 1. The minimum atomic E-state index is -0.392. The van der Waals surface area contributed by atoms with Gasteiger partial charge in [0.15, 0.2) is 5.78 Å². The largest absolute Gasteiger partial charge is 0.326 e. The second-order valence-corrected chi connectivity index (χ2v) is 6.21. The number of ketones is 1. The van der Waals surface area contributed by atoms with Crippen LogP contribution in [-0.2, 0) is 11.2 Å². The van der Waals surface area contributed by atoms with Gasteiger partial charge < -0.3 is 5.32 Å². The Balaban J connectivity index is 1.49. The molecule has 2 aromatic carbocycles. The standard InChI is InChI=1S/C22H19FN2O2/c23-19-5-3-18(4-6-19)21(26)9-10-22(27)25-20-7-1-16(2-8-20)15-17-11-13-24-14-12-17/h1-8,11-14H,9-10,15H2,(H,25,27). The predicted octanol–water partition coefficient (Wildman–Crippen LogP) is 4.41. The first-order valence-corrected chi connectivity index (χ1v) is 8.66. The second-order valence-electron chi connectivity index (χ2n) is 6.21. The minimum absolute atomic E-state index is 0.0783. The zero-order valence-corrected chi connectivity index (χ0v) is 14.7. The van der Waals surface area contributed by atoms with Gasteiger partial charge in [0.2, 0.25) is 5.91 Å². The molecule has 4 nitrogen and oxygen atoms in total. The number of rotatable bonds is 7. The summed E-state index contributed by atoms with van der Waals surface area (Å²) in [6.45, 7) is 0. The number of Topliss-reactive ketones (excluding diaryl/α,β-unsaturated/α-hetero) is 1. The molecular weight excluding hydrogens is 343 g/mol. The van der Waals surface area contributed by atoms with Gasteiger partial charge in [-0.25, -0.2) is 4.39 Å². The van der Waals surface area contributed by atoms with Gasteiger partial charge in [-0.15, -0.1) is 0 Å². The molecule has 0 saturated carbocycles. The van der Waals surface area contributed by atoms with Gasteiger partial charge >= 0.3 is 0 Å². The van der Waals surface area contributed by atoms with Crippen molar-refractivity contribution in [2.75, 3.05) is 5.32 Å². The molecule has 1 aromatic heterocycles. The summed E-state index contributed by atoms with van der Waals surface area (Å²) in [5.74, 6) is -0.804. The summed E-state index contributed by atoms with van der Waals surface area (Å²) in [4.78, 5) is 28.1. The number of hydrogen-bond acceptors (Lipinski definition) is 3. The molecule has 1 N–H and O–H groups in total. The first-order chi connectivity index (χ1) is 13.1. The Morgan fingerprint density at radius 3 is 2.11 bits per heavy atom. The van der Waals surface area contributed by atoms with E-state index in [9.17, 15) is 14.0 Å². The van der Waals surface area contributed by atoms with Crippen LogP contribution in [0.1, 0.15) is 34.3 Å². The molecule has 1 amide bonds. The number of halogens is 1. The smallest absolute Gasteiger partial charge is 0.224 e. The van der Waals surface area contributed by atoms with Gasteiger partial charge in [0, 0.05) is 36.5 Å². The molecule has 0 fully saturated rings. The molecule has 0 atom stereocenters. The van der Waals surface area contributed by atoms with Crippen LogP contribution in [0.2, 0.25) is 0 Å². The monoisotopic (exact) mass is 362 g/mol. The number of pyridine rings is 1. The molecule has 136 valence electrons. The normalized spacial score (nSPS) is 10.4. The lowest BCUT2D eigenvalue weighted by atomic mass is 10.1. The van der Waals surface area contributed by atoms with Gasteiger partial charge in [-0.2, -0.15) is 0 Å². The zero-order valence-electron chi connectivity index (χ0n) is 14.7. The van der Waals surface area contributed by atoms with Crippen LogP contribution in [0.25, 0.3) is 0 Å². The van der Waals surface area contributed by atoms with Crippen molar-refractivity contribution in [3.05, 3.63) is 95.6 Å². The lowest BCUT2D eigenvalue weighted by Crippen LogP contribution is -2.13. The van der Waals surface area contributed by atoms with E-state index in [1.807, 2.05) is 36.4 Å². The quantitative estimate of drug-likeness (QED) is 0.633. The van der Waals surface area contributed by atoms with Gasteiger partial charge in [0.1, 0.15) is 5.82 Å². The second kappa shape index (κ2) is 8.85. The van der Waals surface area contributed by atoms with E-state index < -0.39 is 5.82 Å². The van der Waals surface area contributed by atoms with E-state index in [1.165, 1.54) is 29.8 Å². The van der Waals surface area contributed by atoms with Crippen molar-refractivity contribution in [3.8, 4) is 0 Å². The SMILES string of the molecule is O=C(CCC(=O)c1ccc(F)cc1)Nc1ccc(Cc2ccncc2)cc1.